The third-order valence-corrected chi connectivity index (χ3v) is 2.94. The Morgan fingerprint density at radius 2 is 2.25 bits per heavy atom. The number of rotatable bonds is 2. The van der Waals surface area contributed by atoms with Crippen molar-refractivity contribution in [2.45, 2.75) is 31.8 Å². The Bertz CT molecular complexity index is 406. The number of Topliss-reactive ketones (excluding diaryl/α,β-unsaturated/α-hetero) is 1. The predicted molar refractivity (Wildman–Crippen MR) is 59.3 cm³/mol. The first-order chi connectivity index (χ1) is 7.65. The zero-order valence-electron chi connectivity index (χ0n) is 8.71. The fourth-order valence-corrected chi connectivity index (χ4v) is 1.95. The van der Waals surface area contributed by atoms with E-state index in [0.717, 1.165) is 12.8 Å². The summed E-state index contributed by atoms with van der Waals surface area (Å²) in [6.45, 7) is 0. The molecule has 0 amide bonds. The molecule has 1 unspecified atom stereocenters. The number of carbonyl (C=O) groups excluding carboxylic acids is 1. The van der Waals surface area contributed by atoms with Crippen molar-refractivity contribution in [2.24, 2.45) is 0 Å². The van der Waals surface area contributed by atoms with E-state index >= 15 is 0 Å². The summed E-state index contributed by atoms with van der Waals surface area (Å²) in [5.41, 5.74) is 0. The highest BCUT2D eigenvalue weighted by Gasteiger charge is 2.21. The molecule has 1 aromatic carbocycles. The molecule has 0 aromatic heterocycles. The number of ketones is 1. The Balaban J connectivity index is 2.03. The summed E-state index contributed by atoms with van der Waals surface area (Å²) in [4.78, 5) is 11.2. The van der Waals surface area contributed by atoms with E-state index in [1.165, 1.54) is 12.1 Å². The van der Waals surface area contributed by atoms with Gasteiger partial charge in [-0.3, -0.25) is 4.79 Å². The summed E-state index contributed by atoms with van der Waals surface area (Å²) >= 11 is 5.56. The summed E-state index contributed by atoms with van der Waals surface area (Å²) in [6, 6.07) is 4.32. The van der Waals surface area contributed by atoms with Gasteiger partial charge in [0, 0.05) is 18.9 Å². The van der Waals surface area contributed by atoms with Gasteiger partial charge in [-0.2, -0.15) is 0 Å². The fraction of sp³-hybridized carbons (Fsp3) is 0.417. The van der Waals surface area contributed by atoms with Crippen molar-refractivity contribution in [3.63, 3.8) is 0 Å². The standard InChI is InChI=1S/C12H12ClFO2/c13-11-5-4-10(7-12(11)14)16-9-3-1-2-8(15)6-9/h4-5,7,9H,1-3,6H2. The first-order valence-electron chi connectivity index (χ1n) is 5.28. The highest BCUT2D eigenvalue weighted by atomic mass is 35.5. The maximum absolute atomic E-state index is 13.1. The van der Waals surface area contributed by atoms with Crippen molar-refractivity contribution >= 4 is 17.4 Å². The minimum absolute atomic E-state index is 0.0760. The lowest BCUT2D eigenvalue weighted by molar-refractivity contribution is -0.122. The molecule has 0 saturated heterocycles. The summed E-state index contributed by atoms with van der Waals surface area (Å²) in [6.07, 6.45) is 2.62. The average Bonchev–Trinajstić information content (AvgIpc) is 2.24. The first-order valence-corrected chi connectivity index (χ1v) is 5.66. The molecule has 0 heterocycles. The van der Waals surface area contributed by atoms with Crippen molar-refractivity contribution in [1.82, 2.24) is 0 Å². The minimum Gasteiger partial charge on any atom is -0.490 e. The molecule has 1 fully saturated rings. The van der Waals surface area contributed by atoms with Crippen LogP contribution in [0.15, 0.2) is 18.2 Å². The van der Waals surface area contributed by atoms with E-state index in [2.05, 4.69) is 0 Å². The first kappa shape index (κ1) is 11.4. The molecule has 1 aliphatic rings. The largest absolute Gasteiger partial charge is 0.490 e. The maximum atomic E-state index is 13.1. The topological polar surface area (TPSA) is 26.3 Å². The van der Waals surface area contributed by atoms with Crippen LogP contribution in [0.25, 0.3) is 0 Å². The predicted octanol–water partition coefficient (Wildman–Crippen LogP) is 3.37. The normalized spacial score (nSPS) is 20.9. The molecule has 0 radical (unpaired) electrons. The lowest BCUT2D eigenvalue weighted by Crippen LogP contribution is -2.25. The van der Waals surface area contributed by atoms with Crippen molar-refractivity contribution < 1.29 is 13.9 Å². The van der Waals surface area contributed by atoms with Gasteiger partial charge in [-0.15, -0.1) is 0 Å². The van der Waals surface area contributed by atoms with Crippen molar-refractivity contribution in [1.29, 1.82) is 0 Å². The van der Waals surface area contributed by atoms with Gasteiger partial charge in [-0.05, 0) is 25.0 Å². The smallest absolute Gasteiger partial charge is 0.145 e. The summed E-state index contributed by atoms with van der Waals surface area (Å²) in [5, 5.41) is 0.0760. The fourth-order valence-electron chi connectivity index (χ4n) is 1.83. The molecular weight excluding hydrogens is 231 g/mol. The Morgan fingerprint density at radius 3 is 2.94 bits per heavy atom. The molecule has 2 rings (SSSR count). The van der Waals surface area contributed by atoms with Gasteiger partial charge < -0.3 is 4.74 Å². The number of halogens is 2. The van der Waals surface area contributed by atoms with Gasteiger partial charge in [0.1, 0.15) is 23.5 Å². The van der Waals surface area contributed by atoms with Gasteiger partial charge >= 0.3 is 0 Å². The van der Waals surface area contributed by atoms with Crippen LogP contribution in [0.2, 0.25) is 5.02 Å². The SMILES string of the molecule is O=C1CCCC(Oc2ccc(Cl)c(F)c2)C1. The van der Waals surface area contributed by atoms with Crippen molar-refractivity contribution in [3.05, 3.63) is 29.0 Å². The molecule has 1 atom stereocenters. The molecule has 86 valence electrons. The van der Waals surface area contributed by atoms with Crippen LogP contribution in [0, 0.1) is 5.82 Å². The molecule has 1 saturated carbocycles. The molecule has 2 nitrogen and oxygen atoms in total. The van der Waals surface area contributed by atoms with Crippen LogP contribution in [0.4, 0.5) is 4.39 Å². The van der Waals surface area contributed by atoms with Crippen LogP contribution in [-0.4, -0.2) is 11.9 Å². The van der Waals surface area contributed by atoms with Gasteiger partial charge in [0.05, 0.1) is 5.02 Å². The van der Waals surface area contributed by atoms with E-state index in [1.54, 1.807) is 6.07 Å². The Labute approximate surface area is 98.4 Å². The maximum Gasteiger partial charge on any atom is 0.145 e. The van der Waals surface area contributed by atoms with E-state index in [4.69, 9.17) is 16.3 Å². The highest BCUT2D eigenvalue weighted by Crippen LogP contribution is 2.24. The summed E-state index contributed by atoms with van der Waals surface area (Å²) in [7, 11) is 0. The second kappa shape index (κ2) is 4.83. The lowest BCUT2D eigenvalue weighted by Gasteiger charge is -2.22. The summed E-state index contributed by atoms with van der Waals surface area (Å²) < 4.78 is 18.7. The van der Waals surface area contributed by atoms with Crippen LogP contribution in [0.5, 0.6) is 5.75 Å². The summed E-state index contributed by atoms with van der Waals surface area (Å²) in [5.74, 6) is 0.147. The molecule has 0 spiro atoms. The van der Waals surface area contributed by atoms with E-state index in [9.17, 15) is 9.18 Å². The molecular formula is C12H12ClFO2. The lowest BCUT2D eigenvalue weighted by atomic mass is 9.96. The third kappa shape index (κ3) is 2.73. The number of hydrogen-bond donors (Lipinski definition) is 0. The third-order valence-electron chi connectivity index (χ3n) is 2.63. The van der Waals surface area contributed by atoms with Crippen molar-refractivity contribution in [3.8, 4) is 5.75 Å². The number of hydrogen-bond acceptors (Lipinski definition) is 2. The van der Waals surface area contributed by atoms with Gasteiger partial charge in [0.2, 0.25) is 0 Å². The number of ether oxygens (including phenoxy) is 1. The molecule has 0 aliphatic heterocycles. The molecule has 4 heteroatoms. The number of benzene rings is 1. The van der Waals surface area contributed by atoms with Crippen LogP contribution in [0.3, 0.4) is 0 Å². The van der Waals surface area contributed by atoms with Crippen LogP contribution in [-0.2, 0) is 4.79 Å². The molecule has 16 heavy (non-hydrogen) atoms. The van der Waals surface area contributed by atoms with E-state index in [0.29, 0.717) is 18.6 Å². The van der Waals surface area contributed by atoms with E-state index < -0.39 is 5.82 Å². The molecule has 0 N–H and O–H groups in total. The van der Waals surface area contributed by atoms with Crippen molar-refractivity contribution in [2.75, 3.05) is 0 Å². The second-order valence-electron chi connectivity index (χ2n) is 3.95. The second-order valence-corrected chi connectivity index (χ2v) is 4.36. The average molecular weight is 243 g/mol. The van der Waals surface area contributed by atoms with Crippen LogP contribution in [0.1, 0.15) is 25.7 Å². The monoisotopic (exact) mass is 242 g/mol. The van der Waals surface area contributed by atoms with Crippen LogP contribution < -0.4 is 4.74 Å². The van der Waals surface area contributed by atoms with Gasteiger partial charge in [0.25, 0.3) is 0 Å². The van der Waals surface area contributed by atoms with Gasteiger partial charge in [-0.25, -0.2) is 4.39 Å². The Hall–Kier alpha value is -1.09. The minimum atomic E-state index is -0.499. The Morgan fingerprint density at radius 1 is 1.44 bits per heavy atom. The van der Waals surface area contributed by atoms with E-state index in [1.807, 2.05) is 0 Å². The zero-order chi connectivity index (χ0) is 11.5. The highest BCUT2D eigenvalue weighted by molar-refractivity contribution is 6.30. The van der Waals surface area contributed by atoms with Crippen LogP contribution >= 0.6 is 11.6 Å². The molecule has 1 aliphatic carbocycles. The number of carbonyl (C=O) groups is 1. The van der Waals surface area contributed by atoms with E-state index in [-0.39, 0.29) is 16.9 Å². The quantitative estimate of drug-likeness (QED) is 0.795. The zero-order valence-corrected chi connectivity index (χ0v) is 9.47. The molecule has 1 aromatic rings. The van der Waals surface area contributed by atoms with Gasteiger partial charge in [-0.1, -0.05) is 11.6 Å². The van der Waals surface area contributed by atoms with Gasteiger partial charge in [0.15, 0.2) is 0 Å². The molecule has 0 bridgehead atoms. The Kier molecular flexibility index (Phi) is 3.44.